The highest BCUT2D eigenvalue weighted by atomic mass is 16.5. The standard InChI is InChI=1S/C31H34N6O2/c1-4-6-9-23-19-30(37(36-23)24-14-12-21(3)13-15-24)35-31(38)34-27-16-17-28(26-11-8-7-10-25(26)27)39-20-22(5-2)18-29(32)33/h5,7-8,10-19H,2,4,6,9,20H2,1,3H3,(H3,32,33)(H2,34,35,38)/b22-18+. The van der Waals surface area contributed by atoms with Crippen LogP contribution in [0.3, 0.4) is 0 Å². The van der Waals surface area contributed by atoms with Crippen LogP contribution in [0.4, 0.5) is 16.3 Å². The number of nitrogens with two attached hydrogens (primary N) is 1. The van der Waals surface area contributed by atoms with Crippen LogP contribution in [-0.2, 0) is 6.42 Å². The lowest BCUT2D eigenvalue weighted by atomic mass is 10.1. The van der Waals surface area contributed by atoms with Gasteiger partial charge >= 0.3 is 6.03 Å². The number of amides is 2. The fourth-order valence-corrected chi connectivity index (χ4v) is 4.18. The molecule has 0 saturated heterocycles. The van der Waals surface area contributed by atoms with E-state index >= 15 is 0 Å². The molecule has 2 amide bonds. The number of carbonyl (C=O) groups excluding carboxylic acids is 1. The van der Waals surface area contributed by atoms with Gasteiger partial charge in [-0.05, 0) is 55.7 Å². The number of aromatic nitrogens is 2. The zero-order valence-electron chi connectivity index (χ0n) is 22.3. The molecule has 8 heteroatoms. The molecule has 0 aliphatic rings. The number of hydrogen-bond acceptors (Lipinski definition) is 4. The number of nitrogens with one attached hydrogen (secondary N) is 3. The second-order valence-corrected chi connectivity index (χ2v) is 9.28. The van der Waals surface area contributed by atoms with Crippen molar-refractivity contribution in [2.45, 2.75) is 33.1 Å². The second kappa shape index (κ2) is 12.6. The number of fused-ring (bicyclic) bond motifs is 1. The normalized spacial score (nSPS) is 11.3. The Morgan fingerprint density at radius 3 is 2.54 bits per heavy atom. The van der Waals surface area contributed by atoms with E-state index in [-0.39, 0.29) is 18.5 Å². The minimum absolute atomic E-state index is 0.0647. The first-order valence-corrected chi connectivity index (χ1v) is 12.9. The van der Waals surface area contributed by atoms with Crippen molar-refractivity contribution in [3.63, 3.8) is 0 Å². The molecular weight excluding hydrogens is 488 g/mol. The van der Waals surface area contributed by atoms with Gasteiger partial charge in [-0.1, -0.05) is 68.0 Å². The van der Waals surface area contributed by atoms with Crippen molar-refractivity contribution in [2.24, 2.45) is 5.73 Å². The van der Waals surface area contributed by atoms with Crippen molar-refractivity contribution in [2.75, 3.05) is 17.2 Å². The van der Waals surface area contributed by atoms with Crippen LogP contribution in [0.15, 0.2) is 91.0 Å². The molecule has 4 rings (SSSR count). The first kappa shape index (κ1) is 27.2. The summed E-state index contributed by atoms with van der Waals surface area (Å²) in [6, 6.07) is 20.9. The van der Waals surface area contributed by atoms with E-state index in [1.165, 1.54) is 6.08 Å². The van der Waals surface area contributed by atoms with Crippen LogP contribution < -0.4 is 21.1 Å². The molecule has 4 aromatic rings. The Hall–Kier alpha value is -4.85. The summed E-state index contributed by atoms with van der Waals surface area (Å²) in [5.74, 6) is 1.18. The number of carbonyl (C=O) groups is 1. The highest BCUT2D eigenvalue weighted by Gasteiger charge is 2.15. The Balaban J connectivity index is 1.56. The van der Waals surface area contributed by atoms with E-state index in [9.17, 15) is 4.79 Å². The Labute approximate surface area is 228 Å². The molecule has 0 saturated carbocycles. The molecule has 0 unspecified atom stereocenters. The van der Waals surface area contributed by atoms with Crippen LogP contribution in [-0.4, -0.2) is 28.3 Å². The number of hydrogen-bond donors (Lipinski definition) is 4. The molecular formula is C31H34N6O2. The molecule has 5 N–H and O–H groups in total. The van der Waals surface area contributed by atoms with Crippen LogP contribution in [0.1, 0.15) is 31.0 Å². The minimum atomic E-state index is -0.373. The highest BCUT2D eigenvalue weighted by molar-refractivity contribution is 6.07. The van der Waals surface area contributed by atoms with E-state index in [2.05, 4.69) is 24.1 Å². The van der Waals surface area contributed by atoms with Gasteiger partial charge in [-0.2, -0.15) is 5.10 Å². The van der Waals surface area contributed by atoms with Crippen LogP contribution in [0.2, 0.25) is 0 Å². The molecule has 0 bridgehead atoms. The monoisotopic (exact) mass is 522 g/mol. The predicted molar refractivity (Wildman–Crippen MR) is 159 cm³/mol. The minimum Gasteiger partial charge on any atom is -0.488 e. The fourth-order valence-electron chi connectivity index (χ4n) is 4.18. The summed E-state index contributed by atoms with van der Waals surface area (Å²) in [5.41, 5.74) is 9.77. The molecule has 0 radical (unpaired) electrons. The van der Waals surface area contributed by atoms with Crippen LogP contribution in [0.25, 0.3) is 16.5 Å². The van der Waals surface area contributed by atoms with Crippen LogP contribution in [0, 0.1) is 12.3 Å². The summed E-state index contributed by atoms with van der Waals surface area (Å²) in [6.45, 7) is 8.15. The Morgan fingerprint density at radius 1 is 1.10 bits per heavy atom. The first-order valence-electron chi connectivity index (χ1n) is 12.9. The van der Waals surface area contributed by atoms with Gasteiger partial charge in [0.25, 0.3) is 0 Å². The van der Waals surface area contributed by atoms with Crippen molar-refractivity contribution in [3.05, 3.63) is 102 Å². The van der Waals surface area contributed by atoms with E-state index in [0.717, 1.165) is 47.0 Å². The van der Waals surface area contributed by atoms with Crippen molar-refractivity contribution < 1.29 is 9.53 Å². The van der Waals surface area contributed by atoms with Crippen molar-refractivity contribution in [1.82, 2.24) is 9.78 Å². The van der Waals surface area contributed by atoms with Crippen LogP contribution >= 0.6 is 0 Å². The highest BCUT2D eigenvalue weighted by Crippen LogP contribution is 2.32. The van der Waals surface area contributed by atoms with E-state index in [0.29, 0.717) is 22.8 Å². The number of unbranched alkanes of at least 4 members (excludes halogenated alkanes) is 1. The molecule has 0 fully saturated rings. The van der Waals surface area contributed by atoms with E-state index < -0.39 is 0 Å². The van der Waals surface area contributed by atoms with Crippen molar-refractivity contribution >= 4 is 34.1 Å². The van der Waals surface area contributed by atoms with Crippen LogP contribution in [0.5, 0.6) is 5.75 Å². The summed E-state index contributed by atoms with van der Waals surface area (Å²) in [5, 5.41) is 19.9. The lowest BCUT2D eigenvalue weighted by Gasteiger charge is -2.15. The van der Waals surface area contributed by atoms with Gasteiger partial charge in [-0.15, -0.1) is 0 Å². The Kier molecular flexibility index (Phi) is 8.78. The lowest BCUT2D eigenvalue weighted by molar-refractivity contribution is 0.262. The first-order chi connectivity index (χ1) is 18.9. The average Bonchev–Trinajstić information content (AvgIpc) is 3.33. The number of rotatable bonds is 11. The molecule has 0 atom stereocenters. The molecule has 3 aromatic carbocycles. The number of ether oxygens (including phenoxy) is 1. The lowest BCUT2D eigenvalue weighted by Crippen LogP contribution is -2.21. The third-order valence-corrected chi connectivity index (χ3v) is 6.20. The third kappa shape index (κ3) is 6.93. The number of nitrogens with zero attached hydrogens (tertiary/aromatic N) is 2. The SMILES string of the molecule is C=C/C(=C\C(=N)N)COc1ccc(NC(=O)Nc2cc(CCCC)nn2-c2ccc(C)cc2)c2ccccc12. The van der Waals surface area contributed by atoms with Crippen molar-refractivity contribution in [3.8, 4) is 11.4 Å². The van der Waals surface area contributed by atoms with E-state index in [1.807, 2.05) is 73.7 Å². The maximum absolute atomic E-state index is 13.2. The second-order valence-electron chi connectivity index (χ2n) is 9.28. The molecule has 0 aliphatic heterocycles. The third-order valence-electron chi connectivity index (χ3n) is 6.20. The van der Waals surface area contributed by atoms with Crippen molar-refractivity contribution in [1.29, 1.82) is 5.41 Å². The van der Waals surface area contributed by atoms with Gasteiger partial charge < -0.3 is 15.8 Å². The molecule has 200 valence electrons. The van der Waals surface area contributed by atoms with Gasteiger partial charge in [0.15, 0.2) is 0 Å². The Bertz CT molecular complexity index is 1520. The number of anilines is 2. The molecule has 0 spiro atoms. The van der Waals surface area contributed by atoms with Gasteiger partial charge in [0, 0.05) is 16.8 Å². The zero-order valence-corrected chi connectivity index (χ0v) is 22.3. The summed E-state index contributed by atoms with van der Waals surface area (Å²) in [7, 11) is 0. The topological polar surface area (TPSA) is 118 Å². The molecule has 1 aromatic heterocycles. The summed E-state index contributed by atoms with van der Waals surface area (Å²) in [6.07, 6.45) is 6.04. The van der Waals surface area contributed by atoms with Gasteiger partial charge in [0.2, 0.25) is 0 Å². The summed E-state index contributed by atoms with van der Waals surface area (Å²) in [4.78, 5) is 13.2. The Morgan fingerprint density at radius 2 is 1.85 bits per heavy atom. The quantitative estimate of drug-likeness (QED) is 0.0990. The molecule has 8 nitrogen and oxygen atoms in total. The average molecular weight is 523 g/mol. The number of urea groups is 1. The summed E-state index contributed by atoms with van der Waals surface area (Å²) < 4.78 is 7.77. The number of amidine groups is 1. The number of aryl methyl sites for hydroxylation is 2. The summed E-state index contributed by atoms with van der Waals surface area (Å²) >= 11 is 0. The van der Waals surface area contributed by atoms with Gasteiger partial charge in [0.1, 0.15) is 24.0 Å². The fraction of sp³-hybridized carbons (Fsp3) is 0.194. The maximum atomic E-state index is 13.2. The molecule has 0 aliphatic carbocycles. The number of benzene rings is 3. The zero-order chi connectivity index (χ0) is 27.8. The largest absolute Gasteiger partial charge is 0.488 e. The maximum Gasteiger partial charge on any atom is 0.324 e. The van der Waals surface area contributed by atoms with E-state index in [1.54, 1.807) is 10.8 Å². The van der Waals surface area contributed by atoms with E-state index in [4.69, 9.17) is 21.0 Å². The molecule has 39 heavy (non-hydrogen) atoms. The van der Waals surface area contributed by atoms with Gasteiger partial charge in [0.05, 0.1) is 17.1 Å². The smallest absolute Gasteiger partial charge is 0.324 e. The van der Waals surface area contributed by atoms with Gasteiger partial charge in [-0.25, -0.2) is 9.48 Å². The predicted octanol–water partition coefficient (Wildman–Crippen LogP) is 6.75. The molecule has 1 heterocycles. The van der Waals surface area contributed by atoms with Gasteiger partial charge in [-0.3, -0.25) is 10.7 Å².